The van der Waals surface area contributed by atoms with Crippen molar-refractivity contribution in [2.45, 2.75) is 45.4 Å². The Kier molecular flexibility index (Phi) is 5.49. The van der Waals surface area contributed by atoms with Gasteiger partial charge in [-0.15, -0.1) is 0 Å². The van der Waals surface area contributed by atoms with Crippen LogP contribution in [0.5, 0.6) is 0 Å². The molecule has 0 saturated carbocycles. The molecule has 0 amide bonds. The van der Waals surface area contributed by atoms with Gasteiger partial charge < -0.3 is 14.5 Å². The van der Waals surface area contributed by atoms with Gasteiger partial charge in [-0.1, -0.05) is 6.07 Å². The van der Waals surface area contributed by atoms with Gasteiger partial charge in [-0.25, -0.2) is 0 Å². The zero-order valence-corrected chi connectivity index (χ0v) is 14.2. The van der Waals surface area contributed by atoms with E-state index in [1.807, 2.05) is 13.8 Å². The first-order valence-corrected chi connectivity index (χ1v) is 8.22. The molecule has 4 nitrogen and oxygen atoms in total. The van der Waals surface area contributed by atoms with Crippen LogP contribution in [0.25, 0.3) is 0 Å². The van der Waals surface area contributed by atoms with Crippen LogP contribution < -0.4 is 4.78 Å². The molecule has 1 aliphatic heterocycles. The Balaban J connectivity index is 1.85. The fraction of sp³-hybridized carbons (Fsp3) is 0.733. The van der Waals surface area contributed by atoms with E-state index in [4.69, 9.17) is 9.39 Å². The van der Waals surface area contributed by atoms with Crippen molar-refractivity contribution in [3.63, 3.8) is 0 Å². The summed E-state index contributed by atoms with van der Waals surface area (Å²) in [6.45, 7) is 11.9. The summed E-state index contributed by atoms with van der Waals surface area (Å²) >= 11 is 1.73. The fourth-order valence-electron chi connectivity index (χ4n) is 1.87. The molecule has 1 aliphatic rings. The highest BCUT2D eigenvalue weighted by atomic mass is 32.1. The number of ether oxygens (including phenoxy) is 1. The Bertz CT molecular complexity index is 450. The first-order valence-electron chi connectivity index (χ1n) is 7.40. The van der Waals surface area contributed by atoms with Crippen molar-refractivity contribution in [1.82, 2.24) is 4.90 Å². The van der Waals surface area contributed by atoms with E-state index in [1.54, 1.807) is 32.7 Å². The summed E-state index contributed by atoms with van der Waals surface area (Å²) < 4.78 is 12.2. The lowest BCUT2D eigenvalue weighted by Gasteiger charge is -2.37. The number of thiophene rings is 1. The molecule has 1 N–H and O–H groups in total. The standard InChI is InChI=1S/C15H25BNO3S/c1-14(2,18)15(3,4)20-16-13-6-5-12(21-13)11-17-7-9-19-10-8-17/h5-6,18H,7-11H2,1-4H3. The first kappa shape index (κ1) is 17.0. The zero-order valence-electron chi connectivity index (χ0n) is 13.4. The third kappa shape index (κ3) is 4.79. The average molecular weight is 310 g/mol. The van der Waals surface area contributed by atoms with Crippen molar-refractivity contribution >= 4 is 23.6 Å². The Labute approximate surface area is 132 Å². The maximum atomic E-state index is 10.1. The quantitative estimate of drug-likeness (QED) is 0.806. The monoisotopic (exact) mass is 310 g/mol. The number of hydrogen-bond acceptors (Lipinski definition) is 5. The van der Waals surface area contributed by atoms with Crippen molar-refractivity contribution < 1.29 is 14.5 Å². The molecule has 117 valence electrons. The van der Waals surface area contributed by atoms with Gasteiger partial charge in [-0.2, -0.15) is 11.3 Å². The normalized spacial score (nSPS) is 18.0. The van der Waals surface area contributed by atoms with Crippen LogP contribution >= 0.6 is 11.3 Å². The van der Waals surface area contributed by atoms with Gasteiger partial charge in [0.1, 0.15) is 0 Å². The second-order valence-corrected chi connectivity index (χ2v) is 7.70. The van der Waals surface area contributed by atoms with E-state index in [2.05, 4.69) is 17.0 Å². The summed E-state index contributed by atoms with van der Waals surface area (Å²) in [6, 6.07) is 4.22. The number of nitrogens with zero attached hydrogens (tertiary/aromatic N) is 1. The van der Waals surface area contributed by atoms with Crippen LogP contribution in [0, 0.1) is 0 Å². The predicted octanol–water partition coefficient (Wildman–Crippen LogP) is 1.39. The summed E-state index contributed by atoms with van der Waals surface area (Å²) in [5, 5.41) is 10.1. The van der Waals surface area contributed by atoms with Crippen molar-refractivity contribution in [2.75, 3.05) is 26.3 Å². The van der Waals surface area contributed by atoms with Gasteiger partial charge in [0.15, 0.2) is 0 Å². The van der Waals surface area contributed by atoms with Crippen molar-refractivity contribution in [3.05, 3.63) is 17.0 Å². The van der Waals surface area contributed by atoms with Crippen molar-refractivity contribution in [2.24, 2.45) is 0 Å². The molecule has 0 aromatic carbocycles. The molecule has 1 radical (unpaired) electrons. The minimum absolute atomic E-state index is 0.624. The zero-order chi connectivity index (χ0) is 15.5. The van der Waals surface area contributed by atoms with Gasteiger partial charge in [0.2, 0.25) is 0 Å². The molecule has 6 heteroatoms. The minimum atomic E-state index is -0.891. The molecule has 0 atom stereocenters. The minimum Gasteiger partial charge on any atom is -0.426 e. The predicted molar refractivity (Wildman–Crippen MR) is 87.3 cm³/mol. The molecule has 1 saturated heterocycles. The molecule has 0 bridgehead atoms. The second kappa shape index (κ2) is 6.79. The Morgan fingerprint density at radius 1 is 1.29 bits per heavy atom. The van der Waals surface area contributed by atoms with Gasteiger partial charge in [0, 0.05) is 24.5 Å². The number of aliphatic hydroxyl groups is 1. The lowest BCUT2D eigenvalue weighted by molar-refractivity contribution is -0.0892. The summed E-state index contributed by atoms with van der Waals surface area (Å²) in [6.07, 6.45) is 0. The van der Waals surface area contributed by atoms with Gasteiger partial charge in [-0.05, 0) is 38.5 Å². The average Bonchev–Trinajstić information content (AvgIpc) is 2.84. The van der Waals surface area contributed by atoms with E-state index < -0.39 is 11.2 Å². The lowest BCUT2D eigenvalue weighted by atomic mass is 9.86. The van der Waals surface area contributed by atoms with Crippen LogP contribution in [-0.2, 0) is 15.9 Å². The van der Waals surface area contributed by atoms with Crippen LogP contribution in [-0.4, -0.2) is 55.0 Å². The van der Waals surface area contributed by atoms with E-state index in [0.717, 1.165) is 37.6 Å². The number of morpholine rings is 1. The topological polar surface area (TPSA) is 41.9 Å². The summed E-state index contributed by atoms with van der Waals surface area (Å²) in [7, 11) is 1.76. The Morgan fingerprint density at radius 3 is 2.57 bits per heavy atom. The van der Waals surface area contributed by atoms with E-state index >= 15 is 0 Å². The molecule has 1 fully saturated rings. The molecule has 2 rings (SSSR count). The molecule has 0 aliphatic carbocycles. The number of rotatable bonds is 6. The largest absolute Gasteiger partial charge is 0.426 e. The fourth-order valence-corrected chi connectivity index (χ4v) is 2.79. The molecular weight excluding hydrogens is 285 g/mol. The van der Waals surface area contributed by atoms with Gasteiger partial charge in [0.05, 0.1) is 24.4 Å². The molecule has 0 spiro atoms. The lowest BCUT2D eigenvalue weighted by Crippen LogP contribution is -2.49. The SMILES string of the molecule is CC(C)(O)C(C)(C)O[B]c1ccc(CN2CCOCC2)s1. The molecule has 2 heterocycles. The highest BCUT2D eigenvalue weighted by Crippen LogP contribution is 2.24. The summed E-state index contributed by atoms with van der Waals surface area (Å²) in [5.41, 5.74) is -1.52. The smallest absolute Gasteiger partial charge is 0.341 e. The Hall–Kier alpha value is -0.395. The van der Waals surface area contributed by atoms with Gasteiger partial charge in [0.25, 0.3) is 0 Å². The molecule has 0 unspecified atom stereocenters. The van der Waals surface area contributed by atoms with Crippen LogP contribution in [0.1, 0.15) is 32.6 Å². The first-order chi connectivity index (χ1) is 9.78. The molecular formula is C15H25BNO3S. The van der Waals surface area contributed by atoms with Crippen molar-refractivity contribution in [3.8, 4) is 0 Å². The molecule has 1 aromatic rings. The van der Waals surface area contributed by atoms with Gasteiger partial charge in [-0.3, -0.25) is 4.90 Å². The summed E-state index contributed by atoms with van der Waals surface area (Å²) in [4.78, 5) is 3.73. The van der Waals surface area contributed by atoms with E-state index in [0.29, 0.717) is 0 Å². The Morgan fingerprint density at radius 2 is 1.95 bits per heavy atom. The maximum absolute atomic E-state index is 10.1. The summed E-state index contributed by atoms with van der Waals surface area (Å²) in [5.74, 6) is 0. The van der Waals surface area contributed by atoms with Gasteiger partial charge >= 0.3 is 7.48 Å². The second-order valence-electron chi connectivity index (χ2n) is 6.50. The molecule has 21 heavy (non-hydrogen) atoms. The van der Waals surface area contributed by atoms with E-state index in [9.17, 15) is 5.11 Å². The molecule has 1 aromatic heterocycles. The highest BCUT2D eigenvalue weighted by molar-refractivity contribution is 7.21. The van der Waals surface area contributed by atoms with E-state index in [1.165, 1.54) is 4.88 Å². The van der Waals surface area contributed by atoms with Crippen LogP contribution in [0.2, 0.25) is 0 Å². The third-order valence-corrected chi connectivity index (χ3v) is 5.10. The van der Waals surface area contributed by atoms with Crippen LogP contribution in [0.3, 0.4) is 0 Å². The van der Waals surface area contributed by atoms with Crippen LogP contribution in [0.15, 0.2) is 12.1 Å². The van der Waals surface area contributed by atoms with E-state index in [-0.39, 0.29) is 0 Å². The van der Waals surface area contributed by atoms with Crippen molar-refractivity contribution in [1.29, 1.82) is 0 Å². The van der Waals surface area contributed by atoms with Crippen LogP contribution in [0.4, 0.5) is 0 Å². The third-order valence-electron chi connectivity index (χ3n) is 4.11. The highest BCUT2D eigenvalue weighted by Gasteiger charge is 2.35. The maximum Gasteiger partial charge on any atom is 0.341 e. The number of hydrogen-bond donors (Lipinski definition) is 1.